The number of nitrogens with one attached hydrogen (secondary N) is 1. The maximum atomic E-state index is 13.1. The van der Waals surface area contributed by atoms with Gasteiger partial charge >= 0.3 is 0 Å². The predicted octanol–water partition coefficient (Wildman–Crippen LogP) is 4.98. The zero-order valence-electron chi connectivity index (χ0n) is 17.3. The molecule has 2 amide bonds. The Balaban J connectivity index is 1.40. The van der Waals surface area contributed by atoms with Crippen molar-refractivity contribution in [2.24, 2.45) is 0 Å². The summed E-state index contributed by atoms with van der Waals surface area (Å²) < 4.78 is 18.7. The van der Waals surface area contributed by atoms with Crippen molar-refractivity contribution in [3.8, 4) is 27.6 Å². The van der Waals surface area contributed by atoms with Gasteiger partial charge in [0.1, 0.15) is 23.1 Å². The summed E-state index contributed by atoms with van der Waals surface area (Å²) in [6.45, 7) is -0.340. The SMILES string of the molecule is O=C(CN1C(=O)COc2ccc(-c3csc(-c4ccccc4)n3)cc21)Nc1ccc(F)cc1. The van der Waals surface area contributed by atoms with Crippen molar-refractivity contribution in [1.29, 1.82) is 0 Å². The van der Waals surface area contributed by atoms with Gasteiger partial charge in [0.15, 0.2) is 6.61 Å². The molecule has 3 aromatic carbocycles. The minimum Gasteiger partial charge on any atom is -0.482 e. The summed E-state index contributed by atoms with van der Waals surface area (Å²) in [4.78, 5) is 31.3. The highest BCUT2D eigenvalue weighted by Gasteiger charge is 2.28. The molecule has 1 N–H and O–H groups in total. The number of halogens is 1. The van der Waals surface area contributed by atoms with E-state index in [1.54, 1.807) is 12.1 Å². The molecule has 5 rings (SSSR count). The number of rotatable bonds is 5. The average molecular weight is 460 g/mol. The Hall–Kier alpha value is -4.04. The van der Waals surface area contributed by atoms with Crippen molar-refractivity contribution in [3.63, 3.8) is 0 Å². The van der Waals surface area contributed by atoms with Crippen LogP contribution in [0.25, 0.3) is 21.8 Å². The second-order valence-electron chi connectivity index (χ2n) is 7.41. The van der Waals surface area contributed by atoms with Gasteiger partial charge < -0.3 is 10.1 Å². The van der Waals surface area contributed by atoms with Crippen LogP contribution in [0.4, 0.5) is 15.8 Å². The molecule has 1 aliphatic rings. The third-order valence-corrected chi connectivity index (χ3v) is 6.04. The second kappa shape index (κ2) is 8.84. The first kappa shape index (κ1) is 20.8. The van der Waals surface area contributed by atoms with E-state index in [1.807, 2.05) is 41.8 Å². The van der Waals surface area contributed by atoms with Crippen molar-refractivity contribution >= 4 is 34.5 Å². The third kappa shape index (κ3) is 4.47. The topological polar surface area (TPSA) is 71.5 Å². The van der Waals surface area contributed by atoms with Crippen molar-refractivity contribution < 1.29 is 18.7 Å². The van der Waals surface area contributed by atoms with Gasteiger partial charge in [0, 0.05) is 22.2 Å². The molecule has 2 heterocycles. The van der Waals surface area contributed by atoms with E-state index in [1.165, 1.54) is 40.5 Å². The normalized spacial score (nSPS) is 12.8. The van der Waals surface area contributed by atoms with E-state index in [2.05, 4.69) is 5.32 Å². The van der Waals surface area contributed by atoms with E-state index in [-0.39, 0.29) is 19.1 Å². The number of benzene rings is 3. The molecule has 0 atom stereocenters. The van der Waals surface area contributed by atoms with Crippen molar-refractivity contribution in [2.75, 3.05) is 23.4 Å². The van der Waals surface area contributed by atoms with Gasteiger partial charge in [0.25, 0.3) is 5.91 Å². The maximum absolute atomic E-state index is 13.1. The summed E-state index contributed by atoms with van der Waals surface area (Å²) in [5.74, 6) is -0.591. The molecule has 0 radical (unpaired) electrons. The number of hydrogen-bond donors (Lipinski definition) is 1. The van der Waals surface area contributed by atoms with Crippen LogP contribution in [-0.4, -0.2) is 29.9 Å². The van der Waals surface area contributed by atoms with Crippen LogP contribution in [0.15, 0.2) is 78.2 Å². The van der Waals surface area contributed by atoms with Crippen LogP contribution >= 0.6 is 11.3 Å². The van der Waals surface area contributed by atoms with E-state index in [4.69, 9.17) is 9.72 Å². The molecule has 8 heteroatoms. The molecule has 0 aliphatic carbocycles. The monoisotopic (exact) mass is 459 g/mol. The number of fused-ring (bicyclic) bond motifs is 1. The molecular weight excluding hydrogens is 441 g/mol. The maximum Gasteiger partial charge on any atom is 0.265 e. The summed E-state index contributed by atoms with van der Waals surface area (Å²) >= 11 is 1.54. The molecule has 6 nitrogen and oxygen atoms in total. The van der Waals surface area contributed by atoms with Gasteiger partial charge in [-0.05, 0) is 42.5 Å². The van der Waals surface area contributed by atoms with Crippen molar-refractivity contribution in [3.05, 3.63) is 84.0 Å². The van der Waals surface area contributed by atoms with Crippen LogP contribution < -0.4 is 15.0 Å². The van der Waals surface area contributed by atoms with E-state index < -0.39 is 11.7 Å². The Morgan fingerprint density at radius 3 is 2.64 bits per heavy atom. The zero-order valence-corrected chi connectivity index (χ0v) is 18.1. The Morgan fingerprint density at radius 1 is 1.06 bits per heavy atom. The van der Waals surface area contributed by atoms with Crippen LogP contribution in [0.5, 0.6) is 5.75 Å². The number of anilines is 2. The fourth-order valence-electron chi connectivity index (χ4n) is 3.53. The van der Waals surface area contributed by atoms with E-state index >= 15 is 0 Å². The first-order chi connectivity index (χ1) is 16.1. The molecule has 0 spiro atoms. The lowest BCUT2D eigenvalue weighted by atomic mass is 10.1. The molecule has 0 saturated heterocycles. The number of ether oxygens (including phenoxy) is 1. The fourth-order valence-corrected chi connectivity index (χ4v) is 4.37. The summed E-state index contributed by atoms with van der Waals surface area (Å²) in [5, 5.41) is 5.54. The standard InChI is InChI=1S/C25H18FN3O3S/c26-18-7-9-19(10-8-18)27-23(30)13-29-21-12-17(6-11-22(21)32-14-24(29)31)20-15-33-25(28-20)16-4-2-1-3-5-16/h1-12,15H,13-14H2,(H,27,30). The Bertz CT molecular complexity index is 1320. The van der Waals surface area contributed by atoms with Crippen LogP contribution in [0.1, 0.15) is 0 Å². The van der Waals surface area contributed by atoms with Gasteiger partial charge in [-0.15, -0.1) is 11.3 Å². The number of amides is 2. The molecule has 0 fully saturated rings. The molecule has 0 unspecified atom stereocenters. The number of nitrogens with zero attached hydrogens (tertiary/aromatic N) is 2. The lowest BCUT2D eigenvalue weighted by Crippen LogP contribution is -2.43. The van der Waals surface area contributed by atoms with Gasteiger partial charge in [-0.1, -0.05) is 30.3 Å². The zero-order chi connectivity index (χ0) is 22.8. The van der Waals surface area contributed by atoms with Gasteiger partial charge in [0.05, 0.1) is 11.4 Å². The minimum atomic E-state index is -0.395. The molecular formula is C25H18FN3O3S. The highest BCUT2D eigenvalue weighted by molar-refractivity contribution is 7.13. The van der Waals surface area contributed by atoms with Crippen molar-refractivity contribution in [1.82, 2.24) is 4.98 Å². The van der Waals surface area contributed by atoms with E-state index in [0.717, 1.165) is 21.8 Å². The Morgan fingerprint density at radius 2 is 1.85 bits per heavy atom. The van der Waals surface area contributed by atoms with Gasteiger partial charge in [-0.3, -0.25) is 14.5 Å². The summed E-state index contributed by atoms with van der Waals surface area (Å²) in [7, 11) is 0. The Kier molecular flexibility index (Phi) is 5.58. The van der Waals surface area contributed by atoms with Crippen LogP contribution in [0.2, 0.25) is 0 Å². The lowest BCUT2D eigenvalue weighted by molar-refractivity contribution is -0.123. The molecule has 0 bridgehead atoms. The van der Waals surface area contributed by atoms with Crippen LogP contribution in [-0.2, 0) is 9.59 Å². The fraction of sp³-hybridized carbons (Fsp3) is 0.0800. The first-order valence-electron chi connectivity index (χ1n) is 10.2. The van der Waals surface area contributed by atoms with Crippen LogP contribution in [0.3, 0.4) is 0 Å². The average Bonchev–Trinajstić information content (AvgIpc) is 3.33. The molecule has 33 heavy (non-hydrogen) atoms. The van der Waals surface area contributed by atoms with Gasteiger partial charge in [-0.2, -0.15) is 0 Å². The smallest absolute Gasteiger partial charge is 0.265 e. The second-order valence-corrected chi connectivity index (χ2v) is 8.27. The number of carbonyl (C=O) groups excluding carboxylic acids is 2. The predicted molar refractivity (Wildman–Crippen MR) is 126 cm³/mol. The summed E-state index contributed by atoms with van der Waals surface area (Å²) in [6, 6.07) is 20.8. The lowest BCUT2D eigenvalue weighted by Gasteiger charge is -2.29. The summed E-state index contributed by atoms with van der Waals surface area (Å²) in [5.41, 5.74) is 3.58. The quantitative estimate of drug-likeness (QED) is 0.457. The molecule has 1 aliphatic heterocycles. The molecule has 164 valence electrons. The molecule has 4 aromatic rings. The number of aromatic nitrogens is 1. The number of carbonyl (C=O) groups is 2. The Labute approximate surface area is 193 Å². The van der Waals surface area contributed by atoms with E-state index in [0.29, 0.717) is 17.1 Å². The number of hydrogen-bond acceptors (Lipinski definition) is 5. The third-order valence-electron chi connectivity index (χ3n) is 5.15. The molecule has 1 aromatic heterocycles. The molecule has 0 saturated carbocycles. The minimum absolute atomic E-state index is 0.148. The van der Waals surface area contributed by atoms with Crippen LogP contribution in [0, 0.1) is 5.82 Å². The van der Waals surface area contributed by atoms with E-state index in [9.17, 15) is 14.0 Å². The number of thiazole rings is 1. The summed E-state index contributed by atoms with van der Waals surface area (Å²) in [6.07, 6.45) is 0. The first-order valence-corrected chi connectivity index (χ1v) is 11.1. The largest absolute Gasteiger partial charge is 0.482 e. The van der Waals surface area contributed by atoms with Gasteiger partial charge in [0.2, 0.25) is 5.91 Å². The van der Waals surface area contributed by atoms with Crippen molar-refractivity contribution in [2.45, 2.75) is 0 Å². The highest BCUT2D eigenvalue weighted by atomic mass is 32.1. The highest BCUT2D eigenvalue weighted by Crippen LogP contribution is 2.37. The van der Waals surface area contributed by atoms with Gasteiger partial charge in [-0.25, -0.2) is 9.37 Å².